The van der Waals surface area contributed by atoms with Crippen LogP contribution >= 0.6 is 0 Å². The molecule has 0 radical (unpaired) electrons. The first kappa shape index (κ1) is 9.68. The van der Waals surface area contributed by atoms with E-state index >= 15 is 0 Å². The van der Waals surface area contributed by atoms with Crippen molar-refractivity contribution in [1.29, 1.82) is 0 Å². The molecular formula is C10H18N4. The van der Waals surface area contributed by atoms with Crippen LogP contribution in [0.4, 0.5) is 0 Å². The maximum Gasteiger partial charge on any atom is 0.0569 e. The van der Waals surface area contributed by atoms with Crippen LogP contribution in [-0.4, -0.2) is 27.3 Å². The molecule has 1 aliphatic heterocycles. The molecule has 0 fully saturated rings. The van der Waals surface area contributed by atoms with Gasteiger partial charge in [0.2, 0.25) is 0 Å². The number of nitrogens with zero attached hydrogens (tertiary/aromatic N) is 3. The molecule has 0 spiro atoms. The molecule has 4 nitrogen and oxygen atoms in total. The lowest BCUT2D eigenvalue weighted by Gasteiger charge is -2.17. The largest absolute Gasteiger partial charge is 0.327 e. The third kappa shape index (κ3) is 1.67. The Balaban J connectivity index is 2.07. The Labute approximate surface area is 84.7 Å². The average Bonchev–Trinajstić information content (AvgIpc) is 2.61. The number of rotatable bonds is 3. The third-order valence-electron chi connectivity index (χ3n) is 2.65. The molecule has 14 heavy (non-hydrogen) atoms. The molecule has 4 heteroatoms. The standard InChI is InChI=1S/C10H18N4/c1-3-14-10-7-13(5-8(2)11)6-9(10)4-12-14/h4,8H,3,5-7,11H2,1-2H3. The molecule has 2 rings (SSSR count). The van der Waals surface area contributed by atoms with E-state index in [1.165, 1.54) is 11.3 Å². The Hall–Kier alpha value is -0.870. The molecule has 0 saturated carbocycles. The molecule has 0 aromatic carbocycles. The molecule has 1 unspecified atom stereocenters. The van der Waals surface area contributed by atoms with Crippen molar-refractivity contribution in [2.75, 3.05) is 6.54 Å². The van der Waals surface area contributed by atoms with Crippen LogP contribution in [0.25, 0.3) is 0 Å². The summed E-state index contributed by atoms with van der Waals surface area (Å²) in [5, 5.41) is 4.33. The monoisotopic (exact) mass is 194 g/mol. The van der Waals surface area contributed by atoms with E-state index in [1.807, 2.05) is 6.20 Å². The van der Waals surface area contributed by atoms with E-state index in [2.05, 4.69) is 28.5 Å². The van der Waals surface area contributed by atoms with Gasteiger partial charge < -0.3 is 5.73 Å². The molecule has 1 aliphatic rings. The molecule has 0 bridgehead atoms. The van der Waals surface area contributed by atoms with E-state index in [9.17, 15) is 0 Å². The molecule has 0 amide bonds. The summed E-state index contributed by atoms with van der Waals surface area (Å²) in [6.07, 6.45) is 1.99. The highest BCUT2D eigenvalue weighted by atomic mass is 15.3. The molecule has 78 valence electrons. The lowest BCUT2D eigenvalue weighted by molar-refractivity contribution is 0.263. The fourth-order valence-electron chi connectivity index (χ4n) is 2.08. The van der Waals surface area contributed by atoms with Crippen molar-refractivity contribution in [3.63, 3.8) is 0 Å². The molecule has 1 aromatic rings. The zero-order valence-electron chi connectivity index (χ0n) is 8.90. The smallest absolute Gasteiger partial charge is 0.0569 e. The van der Waals surface area contributed by atoms with Crippen molar-refractivity contribution in [1.82, 2.24) is 14.7 Å². The summed E-state index contributed by atoms with van der Waals surface area (Å²) >= 11 is 0. The summed E-state index contributed by atoms with van der Waals surface area (Å²) in [6, 6.07) is 0.252. The maximum atomic E-state index is 5.78. The first-order chi connectivity index (χ1) is 6.70. The van der Waals surface area contributed by atoms with E-state index < -0.39 is 0 Å². The lowest BCUT2D eigenvalue weighted by Crippen LogP contribution is -2.32. The predicted molar refractivity (Wildman–Crippen MR) is 55.7 cm³/mol. The van der Waals surface area contributed by atoms with Gasteiger partial charge in [-0.15, -0.1) is 0 Å². The Morgan fingerprint density at radius 3 is 3.00 bits per heavy atom. The summed E-state index contributed by atoms with van der Waals surface area (Å²) < 4.78 is 2.08. The van der Waals surface area contributed by atoms with Gasteiger partial charge in [0.05, 0.1) is 11.9 Å². The van der Waals surface area contributed by atoms with Crippen LogP contribution in [0.15, 0.2) is 6.20 Å². The van der Waals surface area contributed by atoms with Crippen LogP contribution in [0.1, 0.15) is 25.1 Å². The molecule has 2 N–H and O–H groups in total. The number of hydrogen-bond acceptors (Lipinski definition) is 3. The molecule has 1 atom stereocenters. The molecular weight excluding hydrogens is 176 g/mol. The van der Waals surface area contributed by atoms with Crippen LogP contribution in [0.5, 0.6) is 0 Å². The second-order valence-corrected chi connectivity index (χ2v) is 4.08. The van der Waals surface area contributed by atoms with Crippen molar-refractivity contribution in [3.05, 3.63) is 17.5 Å². The van der Waals surface area contributed by atoms with Gasteiger partial charge in [-0.1, -0.05) is 0 Å². The van der Waals surface area contributed by atoms with Crippen LogP contribution in [0.2, 0.25) is 0 Å². The van der Waals surface area contributed by atoms with Crippen LogP contribution in [0.3, 0.4) is 0 Å². The fourth-order valence-corrected chi connectivity index (χ4v) is 2.08. The Morgan fingerprint density at radius 2 is 2.36 bits per heavy atom. The molecule has 0 aliphatic carbocycles. The predicted octanol–water partition coefficient (Wildman–Crippen LogP) is 0.566. The van der Waals surface area contributed by atoms with Gasteiger partial charge in [0.25, 0.3) is 0 Å². The van der Waals surface area contributed by atoms with E-state index in [1.54, 1.807) is 0 Å². The van der Waals surface area contributed by atoms with Gasteiger partial charge >= 0.3 is 0 Å². The second kappa shape index (κ2) is 3.71. The van der Waals surface area contributed by atoms with Crippen molar-refractivity contribution in [2.24, 2.45) is 5.73 Å². The number of aromatic nitrogens is 2. The Bertz CT molecular complexity index is 316. The molecule has 0 saturated heterocycles. The average molecular weight is 194 g/mol. The van der Waals surface area contributed by atoms with Crippen LogP contribution < -0.4 is 5.73 Å². The van der Waals surface area contributed by atoms with Crippen molar-refractivity contribution < 1.29 is 0 Å². The minimum absolute atomic E-state index is 0.252. The third-order valence-corrected chi connectivity index (χ3v) is 2.65. The zero-order chi connectivity index (χ0) is 10.1. The topological polar surface area (TPSA) is 47.1 Å². The minimum Gasteiger partial charge on any atom is -0.327 e. The SMILES string of the molecule is CCn1ncc2c1CN(CC(C)N)C2. The molecule has 2 heterocycles. The second-order valence-electron chi connectivity index (χ2n) is 4.08. The van der Waals surface area contributed by atoms with Gasteiger partial charge in [-0.05, 0) is 13.8 Å². The summed E-state index contributed by atoms with van der Waals surface area (Å²) in [6.45, 7) is 8.12. The molecule has 1 aromatic heterocycles. The lowest BCUT2D eigenvalue weighted by atomic mass is 10.3. The highest BCUT2D eigenvalue weighted by Gasteiger charge is 2.23. The first-order valence-corrected chi connectivity index (χ1v) is 5.22. The van der Waals surface area contributed by atoms with E-state index in [4.69, 9.17) is 5.73 Å². The highest BCUT2D eigenvalue weighted by molar-refractivity contribution is 5.22. The van der Waals surface area contributed by atoms with Gasteiger partial charge in [0, 0.05) is 37.8 Å². The van der Waals surface area contributed by atoms with Crippen LogP contribution in [-0.2, 0) is 19.6 Å². The summed E-state index contributed by atoms with van der Waals surface area (Å²) in [7, 11) is 0. The van der Waals surface area contributed by atoms with E-state index in [-0.39, 0.29) is 6.04 Å². The maximum absolute atomic E-state index is 5.78. The van der Waals surface area contributed by atoms with Gasteiger partial charge in [0.15, 0.2) is 0 Å². The Kier molecular flexibility index (Phi) is 2.56. The number of aryl methyl sites for hydroxylation is 1. The number of nitrogens with two attached hydrogens (primary N) is 1. The normalized spacial score (nSPS) is 18.5. The quantitative estimate of drug-likeness (QED) is 0.765. The number of hydrogen-bond donors (Lipinski definition) is 1. The van der Waals surface area contributed by atoms with Crippen molar-refractivity contribution in [3.8, 4) is 0 Å². The summed E-state index contributed by atoms with van der Waals surface area (Å²) in [5.41, 5.74) is 8.52. The minimum atomic E-state index is 0.252. The summed E-state index contributed by atoms with van der Waals surface area (Å²) in [5.74, 6) is 0. The Morgan fingerprint density at radius 1 is 1.57 bits per heavy atom. The van der Waals surface area contributed by atoms with Crippen LogP contribution in [0, 0.1) is 0 Å². The van der Waals surface area contributed by atoms with Gasteiger partial charge in [-0.3, -0.25) is 9.58 Å². The fraction of sp³-hybridized carbons (Fsp3) is 0.700. The van der Waals surface area contributed by atoms with E-state index in [0.717, 1.165) is 26.2 Å². The van der Waals surface area contributed by atoms with Crippen molar-refractivity contribution >= 4 is 0 Å². The van der Waals surface area contributed by atoms with Gasteiger partial charge in [-0.25, -0.2) is 0 Å². The van der Waals surface area contributed by atoms with Gasteiger partial charge in [-0.2, -0.15) is 5.10 Å². The van der Waals surface area contributed by atoms with Gasteiger partial charge in [0.1, 0.15) is 0 Å². The van der Waals surface area contributed by atoms with Crippen molar-refractivity contribution in [2.45, 2.75) is 39.5 Å². The highest BCUT2D eigenvalue weighted by Crippen LogP contribution is 2.21. The zero-order valence-corrected chi connectivity index (χ0v) is 8.90. The van der Waals surface area contributed by atoms with E-state index in [0.29, 0.717) is 0 Å². The summed E-state index contributed by atoms with van der Waals surface area (Å²) in [4.78, 5) is 2.38. The number of fused-ring (bicyclic) bond motifs is 1. The first-order valence-electron chi connectivity index (χ1n) is 5.22.